The molecule has 5 atom stereocenters. The zero-order valence-corrected chi connectivity index (χ0v) is 22.6. The van der Waals surface area contributed by atoms with Crippen molar-refractivity contribution in [2.24, 2.45) is 11.8 Å². The number of nitrogens with zero attached hydrogens (tertiary/aromatic N) is 1. The summed E-state index contributed by atoms with van der Waals surface area (Å²) in [6, 6.07) is 11.4. The number of rotatable bonds is 6. The normalized spacial score (nSPS) is 30.0. The van der Waals surface area contributed by atoms with Crippen LogP contribution in [0.3, 0.4) is 0 Å². The van der Waals surface area contributed by atoms with Gasteiger partial charge >= 0.3 is 0 Å². The second-order valence-electron chi connectivity index (χ2n) is 11.2. The Morgan fingerprint density at radius 2 is 1.77 bits per heavy atom. The smallest absolute Gasteiger partial charge is 0.246 e. The number of carbonyl (C=O) groups is 3. The van der Waals surface area contributed by atoms with Crippen LogP contribution >= 0.6 is 11.6 Å². The van der Waals surface area contributed by atoms with Crippen molar-refractivity contribution in [3.05, 3.63) is 65.2 Å². The SMILES string of the molecule is O=C(Nc1ccc(Cl)cc1)C1C2C=CC3(O2)C1C(=O)N(Cc1ccc2c(c1)OCO2)C3C(=O)NC1CCCCC1. The maximum Gasteiger partial charge on any atom is 0.246 e. The van der Waals surface area contributed by atoms with E-state index in [0.29, 0.717) is 22.2 Å². The van der Waals surface area contributed by atoms with E-state index in [0.717, 1.165) is 37.7 Å². The van der Waals surface area contributed by atoms with Crippen LogP contribution in [0.5, 0.6) is 11.5 Å². The van der Waals surface area contributed by atoms with Gasteiger partial charge < -0.3 is 29.7 Å². The Hall–Kier alpha value is -3.56. The Kier molecular flexibility index (Phi) is 6.24. The Morgan fingerprint density at radius 3 is 2.58 bits per heavy atom. The van der Waals surface area contributed by atoms with Crippen LogP contribution < -0.4 is 20.1 Å². The molecule has 2 aromatic rings. The summed E-state index contributed by atoms with van der Waals surface area (Å²) in [5, 5.41) is 6.68. The summed E-state index contributed by atoms with van der Waals surface area (Å²) in [4.78, 5) is 43.4. The molecule has 1 spiro atoms. The molecule has 1 saturated carbocycles. The first-order chi connectivity index (χ1) is 19.4. The second-order valence-corrected chi connectivity index (χ2v) is 11.6. The van der Waals surface area contributed by atoms with Crippen molar-refractivity contribution in [3.8, 4) is 11.5 Å². The minimum atomic E-state index is -1.22. The van der Waals surface area contributed by atoms with E-state index in [9.17, 15) is 14.4 Å². The summed E-state index contributed by atoms with van der Waals surface area (Å²) in [6.07, 6.45) is 8.17. The summed E-state index contributed by atoms with van der Waals surface area (Å²) in [6.45, 7) is 0.313. The maximum absolute atomic E-state index is 14.2. The van der Waals surface area contributed by atoms with E-state index in [1.165, 1.54) is 0 Å². The molecule has 5 aliphatic rings. The van der Waals surface area contributed by atoms with Crippen molar-refractivity contribution >= 4 is 35.0 Å². The van der Waals surface area contributed by atoms with Crippen molar-refractivity contribution in [2.45, 2.75) is 62.4 Å². The number of anilines is 1. The van der Waals surface area contributed by atoms with E-state index >= 15 is 0 Å². The number of nitrogens with one attached hydrogen (secondary N) is 2. The van der Waals surface area contributed by atoms with Gasteiger partial charge in [0.15, 0.2) is 11.5 Å². The number of likely N-dealkylation sites (tertiary alicyclic amines) is 1. The number of benzene rings is 2. The Morgan fingerprint density at radius 1 is 1.00 bits per heavy atom. The van der Waals surface area contributed by atoms with Gasteiger partial charge in [-0.3, -0.25) is 14.4 Å². The van der Waals surface area contributed by atoms with Crippen LogP contribution in [0.15, 0.2) is 54.6 Å². The molecule has 4 aliphatic heterocycles. The molecule has 1 aliphatic carbocycles. The molecule has 2 aromatic carbocycles. The standard InChI is InChI=1S/C30H30ClN3O6/c31-18-7-9-20(10-8-18)32-27(35)24-22-12-13-30(40-22)25(24)29(37)34(15-17-6-11-21-23(14-17)39-16-38-21)26(30)28(36)33-19-4-2-1-3-5-19/h6-14,19,22,24-26H,1-5,15-16H2,(H,32,35)(H,33,36). The lowest BCUT2D eigenvalue weighted by molar-refractivity contribution is -0.142. The van der Waals surface area contributed by atoms with Crippen molar-refractivity contribution in [3.63, 3.8) is 0 Å². The molecule has 7 rings (SSSR count). The highest BCUT2D eigenvalue weighted by atomic mass is 35.5. The van der Waals surface area contributed by atoms with E-state index in [4.69, 9.17) is 25.8 Å². The first kappa shape index (κ1) is 25.4. The van der Waals surface area contributed by atoms with E-state index < -0.39 is 29.6 Å². The zero-order valence-electron chi connectivity index (χ0n) is 21.8. The van der Waals surface area contributed by atoms with Gasteiger partial charge in [-0.1, -0.05) is 49.1 Å². The molecule has 2 saturated heterocycles. The van der Waals surface area contributed by atoms with Gasteiger partial charge in [-0.2, -0.15) is 0 Å². The summed E-state index contributed by atoms with van der Waals surface area (Å²) in [5.41, 5.74) is 0.147. The number of halogens is 1. The molecule has 0 aromatic heterocycles. The van der Waals surface area contributed by atoms with Crippen molar-refractivity contribution in [2.75, 3.05) is 12.1 Å². The molecule has 0 radical (unpaired) electrons. The molecule has 4 heterocycles. The van der Waals surface area contributed by atoms with E-state index in [2.05, 4.69) is 10.6 Å². The first-order valence-corrected chi connectivity index (χ1v) is 14.2. The van der Waals surface area contributed by atoms with E-state index in [1.54, 1.807) is 35.2 Å². The molecule has 2 bridgehead atoms. The predicted octanol–water partition coefficient (Wildman–Crippen LogP) is 3.81. The average molecular weight is 564 g/mol. The molecule has 2 N–H and O–H groups in total. The van der Waals surface area contributed by atoms with Gasteiger partial charge in [0.2, 0.25) is 24.5 Å². The summed E-state index contributed by atoms with van der Waals surface area (Å²) in [5.74, 6) is -1.21. The third-order valence-electron chi connectivity index (χ3n) is 8.78. The Balaban J connectivity index is 1.21. The summed E-state index contributed by atoms with van der Waals surface area (Å²) >= 11 is 6.00. The van der Waals surface area contributed by atoms with Gasteiger partial charge in [-0.05, 0) is 54.8 Å². The molecular weight excluding hydrogens is 534 g/mol. The molecule has 40 heavy (non-hydrogen) atoms. The fraction of sp³-hybridized carbons (Fsp3) is 0.433. The van der Waals surface area contributed by atoms with Crippen molar-refractivity contribution < 1.29 is 28.6 Å². The Labute approximate surface area is 236 Å². The lowest BCUT2D eigenvalue weighted by Gasteiger charge is -2.34. The topological polar surface area (TPSA) is 106 Å². The van der Waals surface area contributed by atoms with E-state index in [1.807, 2.05) is 24.3 Å². The Bertz CT molecular complexity index is 1390. The van der Waals surface area contributed by atoms with E-state index in [-0.39, 0.29) is 37.1 Å². The van der Waals surface area contributed by atoms with Gasteiger partial charge in [-0.25, -0.2) is 0 Å². The number of carbonyl (C=O) groups excluding carboxylic acids is 3. The van der Waals surface area contributed by atoms with Crippen LogP contribution in [0.1, 0.15) is 37.7 Å². The third kappa shape index (κ3) is 4.14. The van der Waals surface area contributed by atoms with Crippen molar-refractivity contribution in [1.29, 1.82) is 0 Å². The number of ether oxygens (including phenoxy) is 3. The fourth-order valence-electron chi connectivity index (χ4n) is 6.96. The summed E-state index contributed by atoms with van der Waals surface area (Å²) < 4.78 is 17.4. The second kappa shape index (κ2) is 9.82. The van der Waals surface area contributed by atoms with Gasteiger partial charge in [0.1, 0.15) is 11.6 Å². The molecule has 10 heteroatoms. The van der Waals surface area contributed by atoms with Crippen LogP contribution in [0.4, 0.5) is 5.69 Å². The van der Waals surface area contributed by atoms with Crippen LogP contribution in [-0.2, 0) is 25.7 Å². The first-order valence-electron chi connectivity index (χ1n) is 13.9. The highest BCUT2D eigenvalue weighted by Crippen LogP contribution is 2.55. The lowest BCUT2D eigenvalue weighted by Crippen LogP contribution is -2.56. The fourth-order valence-corrected chi connectivity index (χ4v) is 7.09. The van der Waals surface area contributed by atoms with Crippen LogP contribution in [0.25, 0.3) is 0 Å². The number of hydrogen-bond acceptors (Lipinski definition) is 6. The molecule has 3 fully saturated rings. The third-order valence-corrected chi connectivity index (χ3v) is 9.03. The highest BCUT2D eigenvalue weighted by Gasteiger charge is 2.72. The minimum Gasteiger partial charge on any atom is -0.454 e. The van der Waals surface area contributed by atoms with Crippen LogP contribution in [0, 0.1) is 11.8 Å². The van der Waals surface area contributed by atoms with Crippen LogP contribution in [-0.4, -0.2) is 53.2 Å². The monoisotopic (exact) mass is 563 g/mol. The molecule has 9 nitrogen and oxygen atoms in total. The molecule has 208 valence electrons. The highest BCUT2D eigenvalue weighted by molar-refractivity contribution is 6.30. The predicted molar refractivity (Wildman–Crippen MR) is 146 cm³/mol. The van der Waals surface area contributed by atoms with Gasteiger partial charge in [-0.15, -0.1) is 0 Å². The zero-order chi connectivity index (χ0) is 27.4. The summed E-state index contributed by atoms with van der Waals surface area (Å²) in [7, 11) is 0. The largest absolute Gasteiger partial charge is 0.454 e. The maximum atomic E-state index is 14.2. The van der Waals surface area contributed by atoms with Crippen molar-refractivity contribution in [1.82, 2.24) is 10.2 Å². The van der Waals surface area contributed by atoms with Gasteiger partial charge in [0.25, 0.3) is 0 Å². The van der Waals surface area contributed by atoms with Crippen LogP contribution in [0.2, 0.25) is 5.02 Å². The molecular formula is C30H30ClN3O6. The number of hydrogen-bond donors (Lipinski definition) is 2. The number of fused-ring (bicyclic) bond motifs is 2. The number of amides is 3. The van der Waals surface area contributed by atoms with Gasteiger partial charge in [0.05, 0.1) is 17.9 Å². The molecule has 5 unspecified atom stereocenters. The average Bonchev–Trinajstić information content (AvgIpc) is 3.71. The lowest BCUT2D eigenvalue weighted by atomic mass is 9.74. The molecule has 3 amide bonds. The van der Waals surface area contributed by atoms with Gasteiger partial charge in [0, 0.05) is 23.3 Å². The quantitative estimate of drug-likeness (QED) is 0.518. The minimum absolute atomic E-state index is 0.0609.